The number of nitrogens with zero attached hydrogens (tertiary/aromatic N) is 2. The second-order valence-electron chi connectivity index (χ2n) is 4.74. The van der Waals surface area contributed by atoms with Gasteiger partial charge in [0.25, 0.3) is 0 Å². The van der Waals surface area contributed by atoms with Crippen molar-refractivity contribution in [3.05, 3.63) is 35.2 Å². The fourth-order valence-corrected chi connectivity index (χ4v) is 3.05. The van der Waals surface area contributed by atoms with Crippen molar-refractivity contribution < 1.29 is 9.26 Å². The average molecular weight is 303 g/mol. The van der Waals surface area contributed by atoms with Gasteiger partial charge in [0.05, 0.1) is 22.5 Å². The van der Waals surface area contributed by atoms with Gasteiger partial charge in [0.2, 0.25) is 0 Å². The number of benzene rings is 1. The van der Waals surface area contributed by atoms with Crippen molar-refractivity contribution in [1.82, 2.24) is 10.1 Å². The molecule has 0 saturated heterocycles. The van der Waals surface area contributed by atoms with Crippen LogP contribution in [0.5, 0.6) is 5.75 Å². The summed E-state index contributed by atoms with van der Waals surface area (Å²) in [5.41, 5.74) is 2.98. The number of anilines is 1. The van der Waals surface area contributed by atoms with Crippen LogP contribution in [-0.2, 0) is 6.54 Å². The molecular formula is C15H17N3O2S. The summed E-state index contributed by atoms with van der Waals surface area (Å²) in [4.78, 5) is 4.57. The smallest absolute Gasteiger partial charge is 0.184 e. The molecule has 3 rings (SSSR count). The largest absolute Gasteiger partial charge is 0.494 e. The zero-order chi connectivity index (χ0) is 14.8. The summed E-state index contributed by atoms with van der Waals surface area (Å²) in [6, 6.07) is 5.96. The SMILES string of the molecule is CCOc1ccc2nc(NCc3c(C)noc3C)sc2c1. The third kappa shape index (κ3) is 2.85. The van der Waals surface area contributed by atoms with Gasteiger partial charge in [0.15, 0.2) is 5.13 Å². The second kappa shape index (κ2) is 5.73. The molecule has 1 aromatic carbocycles. The van der Waals surface area contributed by atoms with E-state index < -0.39 is 0 Å². The molecule has 0 saturated carbocycles. The Balaban J connectivity index is 1.78. The van der Waals surface area contributed by atoms with E-state index in [1.165, 1.54) is 0 Å². The lowest BCUT2D eigenvalue weighted by atomic mass is 10.2. The molecule has 2 heterocycles. The highest BCUT2D eigenvalue weighted by Crippen LogP contribution is 2.29. The van der Waals surface area contributed by atoms with Crippen molar-refractivity contribution >= 4 is 26.7 Å². The van der Waals surface area contributed by atoms with E-state index in [9.17, 15) is 0 Å². The molecule has 1 N–H and O–H groups in total. The minimum absolute atomic E-state index is 0.666. The van der Waals surface area contributed by atoms with Gasteiger partial charge in [0.1, 0.15) is 11.5 Å². The van der Waals surface area contributed by atoms with Crippen LogP contribution >= 0.6 is 11.3 Å². The van der Waals surface area contributed by atoms with Crippen molar-refractivity contribution in [3.8, 4) is 5.75 Å². The number of ether oxygens (including phenoxy) is 1. The molecule has 0 fully saturated rings. The molecule has 0 aliphatic rings. The van der Waals surface area contributed by atoms with E-state index in [1.807, 2.05) is 39.0 Å². The Morgan fingerprint density at radius 2 is 2.19 bits per heavy atom. The zero-order valence-corrected chi connectivity index (χ0v) is 13.1. The predicted octanol–water partition coefficient (Wildman–Crippen LogP) is 3.91. The number of hydrogen-bond acceptors (Lipinski definition) is 6. The van der Waals surface area contributed by atoms with Crippen molar-refractivity contribution in [1.29, 1.82) is 0 Å². The number of thiazole rings is 1. The number of aromatic nitrogens is 2. The summed E-state index contributed by atoms with van der Waals surface area (Å²) >= 11 is 1.62. The maximum Gasteiger partial charge on any atom is 0.184 e. The Hall–Kier alpha value is -2.08. The number of nitrogens with one attached hydrogen (secondary N) is 1. The number of aryl methyl sites for hydroxylation is 2. The van der Waals surface area contributed by atoms with Gasteiger partial charge in [-0.3, -0.25) is 0 Å². The summed E-state index contributed by atoms with van der Waals surface area (Å²) < 4.78 is 11.8. The maximum absolute atomic E-state index is 5.51. The van der Waals surface area contributed by atoms with Crippen molar-refractivity contribution in [2.45, 2.75) is 27.3 Å². The van der Waals surface area contributed by atoms with Crippen LogP contribution in [0.25, 0.3) is 10.2 Å². The Labute approximate surface area is 126 Å². The lowest BCUT2D eigenvalue weighted by Crippen LogP contribution is -2.00. The maximum atomic E-state index is 5.51. The predicted molar refractivity (Wildman–Crippen MR) is 84.1 cm³/mol. The average Bonchev–Trinajstić information content (AvgIpc) is 3.00. The van der Waals surface area contributed by atoms with Gasteiger partial charge in [-0.05, 0) is 39.0 Å². The standard InChI is InChI=1S/C15H17N3O2S/c1-4-19-11-5-6-13-14(7-11)21-15(17-13)16-8-12-9(2)18-20-10(12)3/h5-7H,4,8H2,1-3H3,(H,16,17). The van der Waals surface area contributed by atoms with Gasteiger partial charge in [-0.25, -0.2) is 4.98 Å². The zero-order valence-electron chi connectivity index (χ0n) is 12.3. The van der Waals surface area contributed by atoms with Gasteiger partial charge in [-0.1, -0.05) is 16.5 Å². The van der Waals surface area contributed by atoms with E-state index in [0.29, 0.717) is 13.2 Å². The highest BCUT2D eigenvalue weighted by Gasteiger charge is 2.10. The first-order chi connectivity index (χ1) is 10.2. The van der Waals surface area contributed by atoms with Crippen LogP contribution in [0.15, 0.2) is 22.7 Å². The molecule has 0 aliphatic carbocycles. The molecule has 2 aromatic heterocycles. The van der Waals surface area contributed by atoms with Gasteiger partial charge in [0, 0.05) is 12.1 Å². The molecule has 0 spiro atoms. The molecular weight excluding hydrogens is 286 g/mol. The summed E-state index contributed by atoms with van der Waals surface area (Å²) in [6.45, 7) is 7.18. The Morgan fingerprint density at radius 1 is 1.33 bits per heavy atom. The minimum atomic E-state index is 0.666. The Bertz CT molecular complexity index is 744. The third-order valence-electron chi connectivity index (χ3n) is 3.27. The van der Waals surface area contributed by atoms with Crippen molar-refractivity contribution in [2.24, 2.45) is 0 Å². The lowest BCUT2D eigenvalue weighted by molar-refractivity contribution is 0.341. The second-order valence-corrected chi connectivity index (χ2v) is 5.77. The van der Waals surface area contributed by atoms with E-state index in [2.05, 4.69) is 15.5 Å². The molecule has 0 bridgehead atoms. The van der Waals surface area contributed by atoms with E-state index in [1.54, 1.807) is 11.3 Å². The van der Waals surface area contributed by atoms with Gasteiger partial charge >= 0.3 is 0 Å². The normalized spacial score (nSPS) is 11.0. The fourth-order valence-electron chi connectivity index (χ4n) is 2.16. The first-order valence-corrected chi connectivity index (χ1v) is 7.68. The first-order valence-electron chi connectivity index (χ1n) is 6.86. The monoisotopic (exact) mass is 303 g/mol. The molecule has 21 heavy (non-hydrogen) atoms. The van der Waals surface area contributed by atoms with Crippen LogP contribution in [-0.4, -0.2) is 16.7 Å². The van der Waals surface area contributed by atoms with E-state index >= 15 is 0 Å². The van der Waals surface area contributed by atoms with Gasteiger partial charge in [-0.2, -0.15) is 0 Å². The molecule has 5 nitrogen and oxygen atoms in total. The van der Waals surface area contributed by atoms with Gasteiger partial charge in [-0.15, -0.1) is 0 Å². The van der Waals surface area contributed by atoms with Crippen LogP contribution in [0, 0.1) is 13.8 Å². The third-order valence-corrected chi connectivity index (χ3v) is 4.24. The van der Waals surface area contributed by atoms with Crippen molar-refractivity contribution in [3.63, 3.8) is 0 Å². The summed E-state index contributed by atoms with van der Waals surface area (Å²) in [6.07, 6.45) is 0. The molecule has 0 unspecified atom stereocenters. The van der Waals surface area contributed by atoms with Crippen LogP contribution in [0.3, 0.4) is 0 Å². The van der Waals surface area contributed by atoms with Crippen LogP contribution < -0.4 is 10.1 Å². The molecule has 0 radical (unpaired) electrons. The van der Waals surface area contributed by atoms with Crippen molar-refractivity contribution in [2.75, 3.05) is 11.9 Å². The molecule has 0 aliphatic heterocycles. The fraction of sp³-hybridized carbons (Fsp3) is 0.333. The van der Waals surface area contributed by atoms with Gasteiger partial charge < -0.3 is 14.6 Å². The Kier molecular flexibility index (Phi) is 3.79. The quantitative estimate of drug-likeness (QED) is 0.774. The van der Waals surface area contributed by atoms with Crippen LogP contribution in [0.1, 0.15) is 23.9 Å². The number of rotatable bonds is 5. The molecule has 6 heteroatoms. The van der Waals surface area contributed by atoms with E-state index in [4.69, 9.17) is 9.26 Å². The van der Waals surface area contributed by atoms with E-state index in [0.717, 1.165) is 38.1 Å². The van der Waals surface area contributed by atoms with Crippen LogP contribution in [0.4, 0.5) is 5.13 Å². The summed E-state index contributed by atoms with van der Waals surface area (Å²) in [5.74, 6) is 1.73. The minimum Gasteiger partial charge on any atom is -0.494 e. The molecule has 0 atom stereocenters. The summed E-state index contributed by atoms with van der Waals surface area (Å²) in [7, 11) is 0. The molecule has 0 amide bonds. The van der Waals surface area contributed by atoms with E-state index in [-0.39, 0.29) is 0 Å². The number of fused-ring (bicyclic) bond motifs is 1. The highest BCUT2D eigenvalue weighted by atomic mass is 32.1. The van der Waals surface area contributed by atoms with Crippen LogP contribution in [0.2, 0.25) is 0 Å². The summed E-state index contributed by atoms with van der Waals surface area (Å²) in [5, 5.41) is 8.18. The first kappa shape index (κ1) is 13.9. The highest BCUT2D eigenvalue weighted by molar-refractivity contribution is 7.22. The number of hydrogen-bond donors (Lipinski definition) is 1. The molecule has 110 valence electrons. The molecule has 3 aromatic rings. The lowest BCUT2D eigenvalue weighted by Gasteiger charge is -2.00. The topological polar surface area (TPSA) is 60.2 Å². The Morgan fingerprint density at radius 3 is 2.90 bits per heavy atom.